The Morgan fingerprint density at radius 3 is 2.26 bits per heavy atom. The standard InChI is InChI=1S/C19H30N2O2/c1-13(17(22)21-19(5,12-20)15-6-7-15)23-16-10-8-14(9-11-16)18(2,3)4/h8-11,13,15H,6-7,12,20H2,1-5H3,(H,21,22). The number of nitrogens with two attached hydrogens (primary N) is 1. The van der Waals surface area contributed by atoms with E-state index in [4.69, 9.17) is 10.5 Å². The van der Waals surface area contributed by atoms with Gasteiger partial charge in [0, 0.05) is 6.54 Å². The van der Waals surface area contributed by atoms with Crippen molar-refractivity contribution in [3.63, 3.8) is 0 Å². The maximum absolute atomic E-state index is 12.4. The van der Waals surface area contributed by atoms with Crippen LogP contribution in [-0.4, -0.2) is 24.1 Å². The van der Waals surface area contributed by atoms with E-state index >= 15 is 0 Å². The molecule has 1 aromatic rings. The molecule has 1 aromatic carbocycles. The minimum atomic E-state index is -0.542. The normalized spacial score (nSPS) is 18.9. The molecule has 4 nitrogen and oxygen atoms in total. The number of amides is 1. The van der Waals surface area contributed by atoms with E-state index < -0.39 is 6.10 Å². The van der Waals surface area contributed by atoms with Crippen LogP contribution in [0.2, 0.25) is 0 Å². The van der Waals surface area contributed by atoms with Crippen LogP contribution in [0.4, 0.5) is 0 Å². The highest BCUT2D eigenvalue weighted by atomic mass is 16.5. The van der Waals surface area contributed by atoms with E-state index in [0.29, 0.717) is 18.2 Å². The molecule has 1 saturated carbocycles. The van der Waals surface area contributed by atoms with Crippen molar-refractivity contribution in [2.24, 2.45) is 11.7 Å². The Bertz CT molecular complexity index is 543. The van der Waals surface area contributed by atoms with Crippen LogP contribution in [0.15, 0.2) is 24.3 Å². The highest BCUT2D eigenvalue weighted by Gasteiger charge is 2.42. The van der Waals surface area contributed by atoms with Gasteiger partial charge in [-0.2, -0.15) is 0 Å². The van der Waals surface area contributed by atoms with E-state index in [-0.39, 0.29) is 16.9 Å². The van der Waals surface area contributed by atoms with Crippen LogP contribution in [0.1, 0.15) is 53.0 Å². The van der Waals surface area contributed by atoms with Gasteiger partial charge in [-0.1, -0.05) is 32.9 Å². The number of hydrogen-bond donors (Lipinski definition) is 2. The molecule has 1 aliphatic rings. The van der Waals surface area contributed by atoms with Crippen LogP contribution < -0.4 is 15.8 Å². The van der Waals surface area contributed by atoms with Crippen molar-refractivity contribution in [1.82, 2.24) is 5.32 Å². The number of hydrogen-bond acceptors (Lipinski definition) is 3. The fourth-order valence-corrected chi connectivity index (χ4v) is 2.71. The lowest BCUT2D eigenvalue weighted by Gasteiger charge is -2.31. The summed E-state index contributed by atoms with van der Waals surface area (Å²) in [6.07, 6.45) is 1.73. The molecule has 1 fully saturated rings. The third-order valence-corrected chi connectivity index (χ3v) is 4.71. The first-order chi connectivity index (χ1) is 10.7. The van der Waals surface area contributed by atoms with Crippen LogP contribution >= 0.6 is 0 Å². The summed E-state index contributed by atoms with van der Waals surface area (Å²) in [7, 11) is 0. The first-order valence-corrected chi connectivity index (χ1v) is 8.45. The third-order valence-electron chi connectivity index (χ3n) is 4.71. The number of carbonyl (C=O) groups excluding carboxylic acids is 1. The quantitative estimate of drug-likeness (QED) is 0.847. The Kier molecular flexibility index (Phi) is 5.04. The fraction of sp³-hybridized carbons (Fsp3) is 0.632. The Hall–Kier alpha value is -1.55. The zero-order valence-corrected chi connectivity index (χ0v) is 15.0. The van der Waals surface area contributed by atoms with E-state index in [1.54, 1.807) is 6.92 Å². The van der Waals surface area contributed by atoms with Gasteiger partial charge >= 0.3 is 0 Å². The van der Waals surface area contributed by atoms with Crippen LogP contribution in [-0.2, 0) is 10.2 Å². The van der Waals surface area contributed by atoms with Crippen molar-refractivity contribution in [2.45, 2.75) is 64.5 Å². The number of carbonyl (C=O) groups is 1. The van der Waals surface area contributed by atoms with Gasteiger partial charge in [-0.3, -0.25) is 4.79 Å². The van der Waals surface area contributed by atoms with E-state index in [1.807, 2.05) is 31.2 Å². The molecule has 3 N–H and O–H groups in total. The molecule has 1 amide bonds. The SMILES string of the molecule is CC(Oc1ccc(C(C)(C)C)cc1)C(=O)NC(C)(CN)C1CC1. The molecule has 128 valence electrons. The summed E-state index contributed by atoms with van der Waals surface area (Å²) in [6.45, 7) is 10.8. The van der Waals surface area contributed by atoms with Crippen molar-refractivity contribution in [3.05, 3.63) is 29.8 Å². The summed E-state index contributed by atoms with van der Waals surface area (Å²) < 4.78 is 5.78. The number of benzene rings is 1. The van der Waals surface area contributed by atoms with Crippen molar-refractivity contribution >= 4 is 5.91 Å². The maximum Gasteiger partial charge on any atom is 0.261 e. The zero-order valence-electron chi connectivity index (χ0n) is 15.0. The van der Waals surface area contributed by atoms with Gasteiger partial charge in [-0.05, 0) is 55.7 Å². The van der Waals surface area contributed by atoms with Crippen LogP contribution in [0.25, 0.3) is 0 Å². The van der Waals surface area contributed by atoms with Gasteiger partial charge in [0.05, 0.1) is 5.54 Å². The molecule has 2 unspecified atom stereocenters. The molecule has 1 aliphatic carbocycles. The smallest absolute Gasteiger partial charge is 0.261 e. The topological polar surface area (TPSA) is 64.3 Å². The minimum Gasteiger partial charge on any atom is -0.481 e. The summed E-state index contributed by atoms with van der Waals surface area (Å²) in [4.78, 5) is 12.4. The Labute approximate surface area is 139 Å². The van der Waals surface area contributed by atoms with Gasteiger partial charge < -0.3 is 15.8 Å². The van der Waals surface area contributed by atoms with Crippen LogP contribution in [0, 0.1) is 5.92 Å². The van der Waals surface area contributed by atoms with Gasteiger partial charge in [-0.25, -0.2) is 0 Å². The second kappa shape index (κ2) is 6.52. The molecule has 2 rings (SSSR count). The Morgan fingerprint density at radius 2 is 1.83 bits per heavy atom. The van der Waals surface area contributed by atoms with E-state index in [2.05, 4.69) is 26.1 Å². The lowest BCUT2D eigenvalue weighted by molar-refractivity contribution is -0.129. The fourth-order valence-electron chi connectivity index (χ4n) is 2.71. The molecule has 0 aliphatic heterocycles. The molecule has 4 heteroatoms. The molecule has 0 saturated heterocycles. The predicted molar refractivity (Wildman–Crippen MR) is 93.6 cm³/mol. The first-order valence-electron chi connectivity index (χ1n) is 8.45. The predicted octanol–water partition coefficient (Wildman–Crippen LogP) is 3.00. The Morgan fingerprint density at radius 1 is 1.26 bits per heavy atom. The summed E-state index contributed by atoms with van der Waals surface area (Å²) in [6, 6.07) is 7.95. The zero-order chi connectivity index (χ0) is 17.3. The van der Waals surface area contributed by atoms with E-state index in [1.165, 1.54) is 5.56 Å². The average Bonchev–Trinajstić information content (AvgIpc) is 3.31. The van der Waals surface area contributed by atoms with Crippen molar-refractivity contribution in [2.75, 3.05) is 6.54 Å². The summed E-state index contributed by atoms with van der Waals surface area (Å²) in [5.41, 5.74) is 6.88. The lowest BCUT2D eigenvalue weighted by atomic mass is 9.87. The lowest BCUT2D eigenvalue weighted by Crippen LogP contribution is -2.56. The van der Waals surface area contributed by atoms with Crippen molar-refractivity contribution in [3.8, 4) is 5.75 Å². The molecule has 0 aromatic heterocycles. The molecule has 23 heavy (non-hydrogen) atoms. The highest BCUT2D eigenvalue weighted by Crippen LogP contribution is 2.39. The van der Waals surface area contributed by atoms with Crippen LogP contribution in [0.5, 0.6) is 5.75 Å². The minimum absolute atomic E-state index is 0.106. The van der Waals surface area contributed by atoms with Crippen LogP contribution in [0.3, 0.4) is 0 Å². The van der Waals surface area contributed by atoms with Crippen molar-refractivity contribution < 1.29 is 9.53 Å². The second-order valence-electron chi connectivity index (χ2n) is 7.92. The summed E-state index contributed by atoms with van der Waals surface area (Å²) in [5.74, 6) is 1.10. The van der Waals surface area contributed by atoms with E-state index in [0.717, 1.165) is 12.8 Å². The number of ether oxygens (including phenoxy) is 1. The molecular weight excluding hydrogens is 288 g/mol. The average molecular weight is 318 g/mol. The number of nitrogens with one attached hydrogen (secondary N) is 1. The van der Waals surface area contributed by atoms with Gasteiger partial charge in [0.1, 0.15) is 5.75 Å². The van der Waals surface area contributed by atoms with E-state index in [9.17, 15) is 4.79 Å². The highest BCUT2D eigenvalue weighted by molar-refractivity contribution is 5.81. The molecule has 0 radical (unpaired) electrons. The summed E-state index contributed by atoms with van der Waals surface area (Å²) in [5, 5.41) is 3.07. The van der Waals surface area contributed by atoms with Gasteiger partial charge in [0.15, 0.2) is 6.10 Å². The van der Waals surface area contributed by atoms with Gasteiger partial charge in [0.25, 0.3) is 5.91 Å². The second-order valence-corrected chi connectivity index (χ2v) is 7.92. The molecule has 0 spiro atoms. The first kappa shape index (κ1) is 17.8. The molecular formula is C19H30N2O2. The Balaban J connectivity index is 1.95. The number of rotatable bonds is 6. The monoisotopic (exact) mass is 318 g/mol. The van der Waals surface area contributed by atoms with Crippen molar-refractivity contribution in [1.29, 1.82) is 0 Å². The largest absolute Gasteiger partial charge is 0.481 e. The van der Waals surface area contributed by atoms with Gasteiger partial charge in [0.2, 0.25) is 0 Å². The molecule has 0 bridgehead atoms. The van der Waals surface area contributed by atoms with Gasteiger partial charge in [-0.15, -0.1) is 0 Å². The maximum atomic E-state index is 12.4. The molecule has 2 atom stereocenters. The summed E-state index contributed by atoms with van der Waals surface area (Å²) >= 11 is 0. The third kappa shape index (κ3) is 4.47. The molecule has 0 heterocycles.